The first-order valence-electron chi connectivity index (χ1n) is 10.0. The van der Waals surface area contributed by atoms with E-state index in [2.05, 4.69) is 30.7 Å². The van der Waals surface area contributed by atoms with Crippen LogP contribution in [-0.4, -0.2) is 26.7 Å². The number of pyridine rings is 1. The summed E-state index contributed by atoms with van der Waals surface area (Å²) in [7, 11) is 0. The first-order chi connectivity index (χ1) is 15.2. The van der Waals surface area contributed by atoms with Gasteiger partial charge in [0.25, 0.3) is 0 Å². The van der Waals surface area contributed by atoms with Crippen LogP contribution in [-0.2, 0) is 18.0 Å². The average Bonchev–Trinajstić information content (AvgIpc) is 3.51. The second-order valence-electron chi connectivity index (χ2n) is 7.28. The highest BCUT2D eigenvalue weighted by molar-refractivity contribution is 6.02. The van der Waals surface area contributed by atoms with Crippen molar-refractivity contribution in [3.63, 3.8) is 0 Å². The molecule has 0 spiro atoms. The molecule has 9 heteroatoms. The third-order valence-corrected chi connectivity index (χ3v) is 4.88. The Labute approximate surface area is 179 Å². The Bertz CT molecular complexity index is 1120. The van der Waals surface area contributed by atoms with Gasteiger partial charge < -0.3 is 10.6 Å². The predicted molar refractivity (Wildman–Crippen MR) is 119 cm³/mol. The van der Waals surface area contributed by atoms with E-state index >= 15 is 0 Å². The Morgan fingerprint density at radius 1 is 1.26 bits per heavy atom. The van der Waals surface area contributed by atoms with Crippen LogP contribution in [0.3, 0.4) is 0 Å². The Balaban J connectivity index is 1.39. The molecule has 1 fully saturated rings. The van der Waals surface area contributed by atoms with Crippen LogP contribution in [0.1, 0.15) is 24.0 Å². The van der Waals surface area contributed by atoms with E-state index in [0.29, 0.717) is 6.04 Å². The number of azide groups is 1. The molecular weight excluding hydrogens is 392 g/mol. The Morgan fingerprint density at radius 3 is 2.87 bits per heavy atom. The van der Waals surface area contributed by atoms with Gasteiger partial charge in [-0.05, 0) is 53.8 Å². The zero-order chi connectivity index (χ0) is 21.5. The van der Waals surface area contributed by atoms with Gasteiger partial charge in [0.05, 0.1) is 6.20 Å². The minimum Gasteiger partial charge on any atom is -0.323 e. The number of hydrogen-bond donors (Lipinski definition) is 2. The molecule has 0 saturated heterocycles. The van der Waals surface area contributed by atoms with Crippen LogP contribution in [0.5, 0.6) is 0 Å². The highest BCUT2D eigenvalue weighted by Crippen LogP contribution is 2.23. The number of carbonyl (C=O) groups is 1. The van der Waals surface area contributed by atoms with Crippen LogP contribution in [0, 0.1) is 0 Å². The molecule has 1 aromatic carbocycles. The molecule has 1 saturated carbocycles. The Kier molecular flexibility index (Phi) is 6.37. The van der Waals surface area contributed by atoms with Crippen molar-refractivity contribution in [2.75, 3.05) is 5.32 Å². The van der Waals surface area contributed by atoms with Gasteiger partial charge in [0.2, 0.25) is 5.91 Å². The van der Waals surface area contributed by atoms with Crippen molar-refractivity contribution in [2.45, 2.75) is 32.1 Å². The number of benzene rings is 1. The molecule has 9 nitrogen and oxygen atoms in total. The number of amides is 1. The number of aromatic nitrogens is 3. The van der Waals surface area contributed by atoms with Gasteiger partial charge in [-0.1, -0.05) is 17.2 Å². The summed E-state index contributed by atoms with van der Waals surface area (Å²) in [6.45, 7) is 0.965. The molecule has 0 radical (unpaired) electrons. The maximum absolute atomic E-state index is 12.4. The predicted octanol–water partition coefficient (Wildman–Crippen LogP) is 4.12. The van der Waals surface area contributed by atoms with Crippen molar-refractivity contribution in [3.8, 4) is 11.1 Å². The number of carbonyl (C=O) groups excluding carboxylic acids is 1. The van der Waals surface area contributed by atoms with Gasteiger partial charge in [0, 0.05) is 59.0 Å². The summed E-state index contributed by atoms with van der Waals surface area (Å²) >= 11 is 0. The summed E-state index contributed by atoms with van der Waals surface area (Å²) in [6.07, 6.45) is 12.5. The topological polar surface area (TPSA) is 121 Å². The third kappa shape index (κ3) is 5.79. The summed E-state index contributed by atoms with van der Waals surface area (Å²) in [4.78, 5) is 19.3. The molecular formula is C22H22N8O. The molecule has 3 aromatic rings. The molecule has 1 aliphatic rings. The number of hydrogen-bond acceptors (Lipinski definition) is 5. The minimum atomic E-state index is -0.224. The third-order valence-electron chi connectivity index (χ3n) is 4.88. The van der Waals surface area contributed by atoms with E-state index < -0.39 is 0 Å². The van der Waals surface area contributed by atoms with E-state index in [4.69, 9.17) is 5.53 Å². The van der Waals surface area contributed by atoms with Crippen LogP contribution in [0.15, 0.2) is 66.3 Å². The van der Waals surface area contributed by atoms with Gasteiger partial charge in [-0.2, -0.15) is 5.10 Å². The molecule has 31 heavy (non-hydrogen) atoms. The number of anilines is 1. The summed E-state index contributed by atoms with van der Waals surface area (Å²) < 4.78 is 1.54. The SMILES string of the molecule is [N-]=[N+]=NCn1cc(-c2ccncc2/C=C/C(=O)Nc2ccc(CNC3CC3)cc2)cn1. The van der Waals surface area contributed by atoms with Crippen molar-refractivity contribution in [1.29, 1.82) is 0 Å². The van der Waals surface area contributed by atoms with Gasteiger partial charge in [0.15, 0.2) is 0 Å². The summed E-state index contributed by atoms with van der Waals surface area (Å²) in [5.41, 5.74) is 12.9. The quantitative estimate of drug-likeness (QED) is 0.237. The molecule has 0 bridgehead atoms. The lowest BCUT2D eigenvalue weighted by Gasteiger charge is -2.06. The molecule has 0 aliphatic heterocycles. The van der Waals surface area contributed by atoms with Crippen molar-refractivity contribution in [3.05, 3.63) is 82.8 Å². The zero-order valence-corrected chi connectivity index (χ0v) is 16.8. The van der Waals surface area contributed by atoms with Crippen LogP contribution in [0.25, 0.3) is 27.6 Å². The van der Waals surface area contributed by atoms with Gasteiger partial charge in [-0.3, -0.25) is 14.5 Å². The van der Waals surface area contributed by atoms with Gasteiger partial charge in [0.1, 0.15) is 6.67 Å². The second kappa shape index (κ2) is 9.71. The number of rotatable bonds is 9. The van der Waals surface area contributed by atoms with Crippen molar-refractivity contribution < 1.29 is 4.79 Å². The molecule has 2 N–H and O–H groups in total. The van der Waals surface area contributed by atoms with Gasteiger partial charge >= 0.3 is 0 Å². The maximum Gasteiger partial charge on any atom is 0.248 e. The Hall–Kier alpha value is -3.94. The average molecular weight is 414 g/mol. The normalized spacial score (nSPS) is 13.2. The summed E-state index contributed by atoms with van der Waals surface area (Å²) in [6, 6.07) is 10.4. The lowest BCUT2D eigenvalue weighted by Crippen LogP contribution is -2.15. The van der Waals surface area contributed by atoms with Crippen LogP contribution in [0.2, 0.25) is 0 Å². The van der Waals surface area contributed by atoms with E-state index in [0.717, 1.165) is 28.9 Å². The van der Waals surface area contributed by atoms with Crippen LogP contribution < -0.4 is 10.6 Å². The molecule has 156 valence electrons. The first-order valence-corrected chi connectivity index (χ1v) is 10.0. The number of nitrogens with one attached hydrogen (secondary N) is 2. The standard InChI is InChI=1S/C22H22N8O/c23-29-26-15-30-14-18(13-27-30)21-9-10-24-12-17(21)3-8-22(31)28-20-4-1-16(2-5-20)11-25-19-6-7-19/h1-5,8-10,12-14,19,25H,6-7,11,15H2,(H,28,31)/b8-3+. The second-order valence-corrected chi connectivity index (χ2v) is 7.28. The van der Waals surface area contributed by atoms with Crippen LogP contribution in [0.4, 0.5) is 5.69 Å². The molecule has 4 rings (SSSR count). The smallest absolute Gasteiger partial charge is 0.248 e. The van der Waals surface area contributed by atoms with E-state index in [1.807, 2.05) is 30.3 Å². The zero-order valence-electron chi connectivity index (χ0n) is 16.8. The molecule has 0 unspecified atom stereocenters. The first kappa shape index (κ1) is 20.3. The van der Waals surface area contributed by atoms with Crippen LogP contribution >= 0.6 is 0 Å². The monoisotopic (exact) mass is 414 g/mol. The van der Waals surface area contributed by atoms with E-state index in [-0.39, 0.29) is 12.6 Å². The van der Waals surface area contributed by atoms with Gasteiger partial charge in [-0.25, -0.2) is 0 Å². The molecule has 2 heterocycles. The lowest BCUT2D eigenvalue weighted by atomic mass is 10.0. The highest BCUT2D eigenvalue weighted by atomic mass is 16.1. The summed E-state index contributed by atoms with van der Waals surface area (Å²) in [5.74, 6) is -0.224. The molecule has 2 aromatic heterocycles. The van der Waals surface area contributed by atoms with E-state index in [1.54, 1.807) is 35.5 Å². The number of nitrogens with zero attached hydrogens (tertiary/aromatic N) is 6. The van der Waals surface area contributed by atoms with Gasteiger partial charge in [-0.15, -0.1) is 0 Å². The molecule has 1 aliphatic carbocycles. The minimum absolute atomic E-state index is 0.116. The fourth-order valence-corrected chi connectivity index (χ4v) is 3.08. The van der Waals surface area contributed by atoms with E-state index in [1.165, 1.54) is 24.5 Å². The van der Waals surface area contributed by atoms with Crippen molar-refractivity contribution in [2.24, 2.45) is 5.11 Å². The largest absolute Gasteiger partial charge is 0.323 e. The molecule has 1 amide bonds. The van der Waals surface area contributed by atoms with Crippen molar-refractivity contribution in [1.82, 2.24) is 20.1 Å². The lowest BCUT2D eigenvalue weighted by molar-refractivity contribution is -0.111. The van der Waals surface area contributed by atoms with Crippen molar-refractivity contribution >= 4 is 17.7 Å². The Morgan fingerprint density at radius 2 is 2.10 bits per heavy atom. The summed E-state index contributed by atoms with van der Waals surface area (Å²) in [5, 5.41) is 14.0. The maximum atomic E-state index is 12.4. The highest BCUT2D eigenvalue weighted by Gasteiger charge is 2.19. The fourth-order valence-electron chi connectivity index (χ4n) is 3.08. The van der Waals surface area contributed by atoms with E-state index in [9.17, 15) is 4.79 Å². The fraction of sp³-hybridized carbons (Fsp3) is 0.227. The molecule has 0 atom stereocenters.